The summed E-state index contributed by atoms with van der Waals surface area (Å²) in [6.07, 6.45) is 2.69. The summed E-state index contributed by atoms with van der Waals surface area (Å²) in [6, 6.07) is 13.2. The van der Waals surface area contributed by atoms with Gasteiger partial charge in [-0.15, -0.1) is 0 Å². The van der Waals surface area contributed by atoms with Crippen molar-refractivity contribution < 1.29 is 9.53 Å². The van der Waals surface area contributed by atoms with E-state index in [4.69, 9.17) is 16.3 Å². The molecule has 0 bridgehead atoms. The predicted molar refractivity (Wildman–Crippen MR) is 119 cm³/mol. The van der Waals surface area contributed by atoms with Gasteiger partial charge in [0.25, 0.3) is 0 Å². The van der Waals surface area contributed by atoms with E-state index in [1.165, 1.54) is 0 Å². The molecule has 3 rings (SSSR count). The Balaban J connectivity index is 1.93. The number of fused-ring (bicyclic) bond motifs is 1. The summed E-state index contributed by atoms with van der Waals surface area (Å²) in [7, 11) is 1.58. The Hall–Kier alpha value is -3.30. The van der Waals surface area contributed by atoms with Crippen molar-refractivity contribution in [1.82, 2.24) is 10.3 Å². The molecule has 0 aliphatic carbocycles. The largest absolute Gasteiger partial charge is 0.495 e. The van der Waals surface area contributed by atoms with Crippen LogP contribution >= 0.6 is 11.6 Å². The number of nitrogens with one attached hydrogen (secondary N) is 2. The molecule has 0 radical (unpaired) electrons. The maximum atomic E-state index is 11.9. The zero-order valence-electron chi connectivity index (χ0n) is 17.0. The second-order valence-electron chi connectivity index (χ2n) is 6.78. The third-order valence-electron chi connectivity index (χ3n) is 4.76. The summed E-state index contributed by atoms with van der Waals surface area (Å²) in [5.41, 5.74) is 4.11. The van der Waals surface area contributed by atoms with Crippen molar-refractivity contribution in [1.29, 1.82) is 5.26 Å². The number of amides is 1. The van der Waals surface area contributed by atoms with Gasteiger partial charge in [-0.1, -0.05) is 17.7 Å². The molecular weight excluding hydrogens is 400 g/mol. The molecule has 2 aromatic carbocycles. The van der Waals surface area contributed by atoms with E-state index in [9.17, 15) is 10.1 Å². The first kappa shape index (κ1) is 21.4. The molecule has 0 saturated heterocycles. The number of hydrogen-bond donors (Lipinski definition) is 2. The normalized spacial score (nSPS) is 10.5. The molecule has 154 valence electrons. The fourth-order valence-corrected chi connectivity index (χ4v) is 3.53. The number of rotatable bonds is 8. The van der Waals surface area contributed by atoms with Gasteiger partial charge in [-0.2, -0.15) is 5.26 Å². The van der Waals surface area contributed by atoms with Gasteiger partial charge < -0.3 is 15.4 Å². The first-order valence-corrected chi connectivity index (χ1v) is 10.1. The number of hydrogen-bond acceptors (Lipinski definition) is 5. The number of methoxy groups -OCH3 is 1. The molecule has 1 aromatic heterocycles. The van der Waals surface area contributed by atoms with Gasteiger partial charge in [0.1, 0.15) is 5.75 Å². The average Bonchev–Trinajstić information content (AvgIpc) is 2.76. The van der Waals surface area contributed by atoms with Crippen molar-refractivity contribution in [3.8, 4) is 11.8 Å². The number of nitriles is 1. The highest BCUT2D eigenvalue weighted by atomic mass is 35.5. The van der Waals surface area contributed by atoms with Crippen molar-refractivity contribution in [3.63, 3.8) is 0 Å². The van der Waals surface area contributed by atoms with Crippen LogP contribution in [0.25, 0.3) is 10.9 Å². The van der Waals surface area contributed by atoms with Crippen LogP contribution in [0.3, 0.4) is 0 Å². The second-order valence-corrected chi connectivity index (χ2v) is 7.19. The Morgan fingerprint density at radius 1 is 1.27 bits per heavy atom. The first-order valence-electron chi connectivity index (χ1n) is 9.70. The third kappa shape index (κ3) is 5.00. The molecule has 7 heteroatoms. The third-order valence-corrected chi connectivity index (χ3v) is 5.05. The Morgan fingerprint density at radius 3 is 2.80 bits per heavy atom. The lowest BCUT2D eigenvalue weighted by Crippen LogP contribution is -2.23. The number of benzene rings is 2. The highest BCUT2D eigenvalue weighted by Crippen LogP contribution is 2.30. The molecule has 0 atom stereocenters. The number of ether oxygens (including phenoxy) is 1. The first-order chi connectivity index (χ1) is 14.5. The van der Waals surface area contributed by atoms with E-state index in [-0.39, 0.29) is 5.91 Å². The molecule has 0 spiro atoms. The van der Waals surface area contributed by atoms with Crippen molar-refractivity contribution in [2.75, 3.05) is 19.0 Å². The lowest BCUT2D eigenvalue weighted by Gasteiger charge is -2.16. The minimum Gasteiger partial charge on any atom is -0.495 e. The van der Waals surface area contributed by atoms with Gasteiger partial charge in [-0.25, -0.2) is 0 Å². The molecule has 1 heterocycles. The van der Waals surface area contributed by atoms with Crippen LogP contribution in [-0.2, 0) is 17.8 Å². The number of anilines is 1. The van der Waals surface area contributed by atoms with Crippen LogP contribution in [0.4, 0.5) is 5.69 Å². The van der Waals surface area contributed by atoms with Crippen molar-refractivity contribution in [3.05, 3.63) is 64.3 Å². The van der Waals surface area contributed by atoms with Gasteiger partial charge >= 0.3 is 0 Å². The second kappa shape index (κ2) is 9.95. The smallest absolute Gasteiger partial charge is 0.220 e. The van der Waals surface area contributed by atoms with Gasteiger partial charge in [0, 0.05) is 36.8 Å². The van der Waals surface area contributed by atoms with E-state index < -0.39 is 0 Å². The molecule has 3 aromatic rings. The van der Waals surface area contributed by atoms with Gasteiger partial charge in [-0.05, 0) is 54.8 Å². The number of nitrogens with zero attached hydrogens (tertiary/aromatic N) is 2. The topological polar surface area (TPSA) is 87.0 Å². The van der Waals surface area contributed by atoms with Crippen LogP contribution in [0.2, 0.25) is 5.02 Å². The molecule has 0 fully saturated rings. The predicted octanol–water partition coefficient (Wildman–Crippen LogP) is 4.45. The van der Waals surface area contributed by atoms with Crippen LogP contribution in [0.5, 0.6) is 5.75 Å². The SMILES string of the molecule is CCNC(=O)CCc1cnc2ccc(C#N)cc2c1NCc1ccc(OC)c(Cl)c1. The number of pyridine rings is 1. The molecule has 2 N–H and O–H groups in total. The van der Waals surface area contributed by atoms with Crippen LogP contribution in [0, 0.1) is 11.3 Å². The van der Waals surface area contributed by atoms with E-state index in [1.807, 2.05) is 37.3 Å². The maximum absolute atomic E-state index is 11.9. The number of halogens is 1. The molecule has 0 aliphatic heterocycles. The molecule has 1 amide bonds. The number of aryl methyl sites for hydroxylation is 1. The monoisotopic (exact) mass is 422 g/mol. The van der Waals surface area contributed by atoms with Crippen LogP contribution < -0.4 is 15.4 Å². The quantitative estimate of drug-likeness (QED) is 0.560. The molecule has 6 nitrogen and oxygen atoms in total. The lowest BCUT2D eigenvalue weighted by molar-refractivity contribution is -0.120. The van der Waals surface area contributed by atoms with Crippen LogP contribution in [0.15, 0.2) is 42.6 Å². The Bertz CT molecular complexity index is 1110. The molecule has 0 saturated carbocycles. The van der Waals surface area contributed by atoms with Gasteiger partial charge in [0.2, 0.25) is 5.91 Å². The summed E-state index contributed by atoms with van der Waals surface area (Å²) in [4.78, 5) is 16.5. The fourth-order valence-electron chi connectivity index (χ4n) is 3.25. The standard InChI is InChI=1S/C23H23ClN4O2/c1-3-26-22(29)9-6-17-14-27-20-7-4-15(12-25)10-18(20)23(17)28-13-16-5-8-21(30-2)19(24)11-16/h4-5,7-8,10-11,14H,3,6,9,13H2,1-2H3,(H,26,29)(H,27,28). The number of aromatic nitrogens is 1. The summed E-state index contributed by atoms with van der Waals surface area (Å²) >= 11 is 6.25. The Labute approximate surface area is 180 Å². The Kier molecular flexibility index (Phi) is 7.10. The molecule has 30 heavy (non-hydrogen) atoms. The summed E-state index contributed by atoms with van der Waals surface area (Å²) in [5, 5.41) is 17.0. The molecule has 0 aliphatic rings. The highest BCUT2D eigenvalue weighted by Gasteiger charge is 2.12. The molecule has 0 unspecified atom stereocenters. The summed E-state index contributed by atoms with van der Waals surface area (Å²) < 4.78 is 5.21. The number of carbonyl (C=O) groups is 1. The van der Waals surface area contributed by atoms with Crippen LogP contribution in [0.1, 0.15) is 30.0 Å². The van der Waals surface area contributed by atoms with E-state index in [1.54, 1.807) is 19.4 Å². The van der Waals surface area contributed by atoms with Crippen molar-refractivity contribution >= 4 is 34.1 Å². The summed E-state index contributed by atoms with van der Waals surface area (Å²) in [5.74, 6) is 0.618. The van der Waals surface area contributed by atoms with Gasteiger partial charge in [0.15, 0.2) is 0 Å². The maximum Gasteiger partial charge on any atom is 0.220 e. The van der Waals surface area contributed by atoms with E-state index in [2.05, 4.69) is 21.7 Å². The van der Waals surface area contributed by atoms with Crippen LogP contribution in [-0.4, -0.2) is 24.5 Å². The van der Waals surface area contributed by atoms with Crippen molar-refractivity contribution in [2.24, 2.45) is 0 Å². The zero-order valence-corrected chi connectivity index (χ0v) is 17.7. The fraction of sp³-hybridized carbons (Fsp3) is 0.261. The van der Waals surface area contributed by atoms with E-state index in [0.717, 1.165) is 27.7 Å². The van der Waals surface area contributed by atoms with E-state index >= 15 is 0 Å². The molecular formula is C23H23ClN4O2. The average molecular weight is 423 g/mol. The lowest BCUT2D eigenvalue weighted by atomic mass is 10.0. The minimum absolute atomic E-state index is 0.00346. The summed E-state index contributed by atoms with van der Waals surface area (Å²) in [6.45, 7) is 3.02. The Morgan fingerprint density at radius 2 is 2.10 bits per heavy atom. The van der Waals surface area contributed by atoms with Gasteiger partial charge in [0.05, 0.1) is 29.3 Å². The van der Waals surface area contributed by atoms with E-state index in [0.29, 0.717) is 42.3 Å². The minimum atomic E-state index is -0.00346. The van der Waals surface area contributed by atoms with Crippen molar-refractivity contribution in [2.45, 2.75) is 26.3 Å². The van der Waals surface area contributed by atoms with Gasteiger partial charge in [-0.3, -0.25) is 9.78 Å². The number of carbonyl (C=O) groups excluding carboxylic acids is 1. The zero-order chi connectivity index (χ0) is 21.5. The highest BCUT2D eigenvalue weighted by molar-refractivity contribution is 6.32.